The van der Waals surface area contributed by atoms with E-state index in [4.69, 9.17) is 16.3 Å². The Balaban J connectivity index is 1.88. The molecule has 3 rings (SSSR count). The molecule has 0 saturated heterocycles. The molecular weight excluding hydrogens is 464 g/mol. The van der Waals surface area contributed by atoms with Gasteiger partial charge in [0.2, 0.25) is 5.91 Å². The molecule has 0 fully saturated rings. The maximum atomic E-state index is 13.4. The summed E-state index contributed by atoms with van der Waals surface area (Å²) in [5.41, 5.74) is 1.70. The van der Waals surface area contributed by atoms with Crippen molar-refractivity contribution in [3.63, 3.8) is 0 Å². The Labute approximate surface area is 198 Å². The predicted molar refractivity (Wildman–Crippen MR) is 128 cm³/mol. The standard InChI is InChI=1S/C24H23ClN2O5S/c1-3-32-24(29)18-10-13-20(14-11-18)26-23(28)16-27(22-15-19(25)12-9-17(22)2)33(30,31)21-7-5-4-6-8-21/h4-15H,3,16H2,1-2H3,(H,26,28). The maximum absolute atomic E-state index is 13.4. The quantitative estimate of drug-likeness (QED) is 0.467. The highest BCUT2D eigenvalue weighted by Gasteiger charge is 2.28. The van der Waals surface area contributed by atoms with Crippen LogP contribution in [0, 0.1) is 6.92 Å². The number of sulfonamides is 1. The summed E-state index contributed by atoms with van der Waals surface area (Å²) < 4.78 is 32.8. The largest absolute Gasteiger partial charge is 0.462 e. The third kappa shape index (κ3) is 5.91. The van der Waals surface area contributed by atoms with Gasteiger partial charge in [-0.3, -0.25) is 9.10 Å². The molecule has 0 atom stereocenters. The molecular formula is C24H23ClN2O5S. The SMILES string of the molecule is CCOC(=O)c1ccc(NC(=O)CN(c2cc(Cl)ccc2C)S(=O)(=O)c2ccccc2)cc1. The first kappa shape index (κ1) is 24.3. The molecule has 3 aromatic carbocycles. The Kier molecular flexibility index (Phi) is 7.73. The van der Waals surface area contributed by atoms with Gasteiger partial charge >= 0.3 is 5.97 Å². The second-order valence-corrected chi connectivity index (χ2v) is 9.40. The van der Waals surface area contributed by atoms with E-state index in [1.165, 1.54) is 30.3 Å². The number of hydrogen-bond acceptors (Lipinski definition) is 5. The second-order valence-electron chi connectivity index (χ2n) is 7.10. The third-order valence-corrected chi connectivity index (χ3v) is 6.75. The Morgan fingerprint density at radius 2 is 1.67 bits per heavy atom. The Bertz CT molecular complexity index is 1250. The zero-order valence-corrected chi connectivity index (χ0v) is 19.7. The summed E-state index contributed by atoms with van der Waals surface area (Å²) in [5, 5.41) is 3.01. The van der Waals surface area contributed by atoms with Gasteiger partial charge in [0.1, 0.15) is 6.54 Å². The van der Waals surface area contributed by atoms with Gasteiger partial charge in [0.25, 0.3) is 10.0 Å². The van der Waals surface area contributed by atoms with Crippen LogP contribution in [0.2, 0.25) is 5.02 Å². The average Bonchev–Trinajstić information content (AvgIpc) is 2.80. The smallest absolute Gasteiger partial charge is 0.338 e. The van der Waals surface area contributed by atoms with Crippen molar-refractivity contribution in [2.45, 2.75) is 18.7 Å². The fourth-order valence-corrected chi connectivity index (χ4v) is 4.77. The molecule has 3 aromatic rings. The Morgan fingerprint density at radius 3 is 2.30 bits per heavy atom. The molecule has 7 nitrogen and oxygen atoms in total. The lowest BCUT2D eigenvalue weighted by atomic mass is 10.2. The molecule has 0 saturated carbocycles. The molecule has 0 radical (unpaired) electrons. The molecule has 1 N–H and O–H groups in total. The van der Waals surface area contributed by atoms with Gasteiger partial charge in [0.05, 0.1) is 22.8 Å². The maximum Gasteiger partial charge on any atom is 0.338 e. The van der Waals surface area contributed by atoms with E-state index in [9.17, 15) is 18.0 Å². The number of nitrogens with zero attached hydrogens (tertiary/aromatic N) is 1. The molecule has 0 bridgehead atoms. The summed E-state index contributed by atoms with van der Waals surface area (Å²) >= 11 is 6.13. The number of esters is 1. The van der Waals surface area contributed by atoms with Crippen molar-refractivity contribution in [2.24, 2.45) is 0 Å². The number of halogens is 1. The van der Waals surface area contributed by atoms with E-state index < -0.39 is 28.4 Å². The van der Waals surface area contributed by atoms with Crippen molar-refractivity contribution in [1.29, 1.82) is 0 Å². The van der Waals surface area contributed by atoms with Crippen molar-refractivity contribution in [3.05, 3.63) is 88.9 Å². The van der Waals surface area contributed by atoms with Gasteiger partial charge in [-0.25, -0.2) is 13.2 Å². The predicted octanol–water partition coefficient (Wildman–Crippen LogP) is 4.66. The number of anilines is 2. The number of aryl methyl sites for hydroxylation is 1. The van der Waals surface area contributed by atoms with Crippen LogP contribution < -0.4 is 9.62 Å². The monoisotopic (exact) mass is 486 g/mol. The molecule has 0 spiro atoms. The number of amides is 1. The molecule has 0 aliphatic carbocycles. The first-order valence-corrected chi connectivity index (χ1v) is 11.9. The van der Waals surface area contributed by atoms with Crippen LogP contribution in [-0.4, -0.2) is 33.4 Å². The topological polar surface area (TPSA) is 92.8 Å². The highest BCUT2D eigenvalue weighted by atomic mass is 35.5. The lowest BCUT2D eigenvalue weighted by molar-refractivity contribution is -0.114. The van der Waals surface area contributed by atoms with E-state index in [1.807, 2.05) is 0 Å². The Morgan fingerprint density at radius 1 is 1.00 bits per heavy atom. The van der Waals surface area contributed by atoms with E-state index in [0.717, 1.165) is 4.31 Å². The lowest BCUT2D eigenvalue weighted by Crippen LogP contribution is -2.38. The number of nitrogens with one attached hydrogen (secondary N) is 1. The molecule has 0 heterocycles. The van der Waals surface area contributed by atoms with E-state index in [0.29, 0.717) is 27.5 Å². The van der Waals surface area contributed by atoms with E-state index in [1.54, 1.807) is 56.3 Å². The fraction of sp³-hybridized carbons (Fsp3) is 0.167. The van der Waals surface area contributed by atoms with Crippen LogP contribution in [0.15, 0.2) is 77.7 Å². The van der Waals surface area contributed by atoms with E-state index >= 15 is 0 Å². The highest BCUT2D eigenvalue weighted by molar-refractivity contribution is 7.92. The molecule has 0 aliphatic rings. The van der Waals surface area contributed by atoms with Gasteiger partial charge in [-0.1, -0.05) is 35.9 Å². The lowest BCUT2D eigenvalue weighted by Gasteiger charge is -2.26. The molecule has 1 amide bonds. The zero-order valence-electron chi connectivity index (χ0n) is 18.1. The average molecular weight is 487 g/mol. The van der Waals surface area contributed by atoms with Crippen molar-refractivity contribution < 1.29 is 22.7 Å². The van der Waals surface area contributed by atoms with Crippen LogP contribution in [0.1, 0.15) is 22.8 Å². The number of benzene rings is 3. The molecule has 0 aliphatic heterocycles. The fourth-order valence-electron chi connectivity index (χ4n) is 3.11. The third-order valence-electron chi connectivity index (χ3n) is 4.74. The van der Waals surface area contributed by atoms with Crippen molar-refractivity contribution in [1.82, 2.24) is 0 Å². The van der Waals surface area contributed by atoms with Crippen LogP contribution >= 0.6 is 11.6 Å². The van der Waals surface area contributed by atoms with E-state index in [-0.39, 0.29) is 11.5 Å². The molecule has 172 valence electrons. The number of carbonyl (C=O) groups excluding carboxylic acids is 2. The van der Waals surface area contributed by atoms with Gasteiger partial charge in [-0.05, 0) is 67.9 Å². The summed E-state index contributed by atoms with van der Waals surface area (Å²) in [4.78, 5) is 24.7. The van der Waals surface area contributed by atoms with Gasteiger partial charge in [-0.2, -0.15) is 0 Å². The summed E-state index contributed by atoms with van der Waals surface area (Å²) in [6.07, 6.45) is 0. The number of carbonyl (C=O) groups is 2. The highest BCUT2D eigenvalue weighted by Crippen LogP contribution is 2.29. The van der Waals surface area contributed by atoms with Crippen molar-refractivity contribution >= 4 is 44.9 Å². The normalized spacial score (nSPS) is 11.0. The zero-order chi connectivity index (χ0) is 24.0. The van der Waals surface area contributed by atoms with Gasteiger partial charge in [0.15, 0.2) is 0 Å². The van der Waals surface area contributed by atoms with Crippen LogP contribution in [0.5, 0.6) is 0 Å². The van der Waals surface area contributed by atoms with Crippen LogP contribution in [-0.2, 0) is 19.6 Å². The summed E-state index contributed by atoms with van der Waals surface area (Å²) in [5.74, 6) is -1.02. The summed E-state index contributed by atoms with van der Waals surface area (Å²) in [6.45, 7) is 3.23. The summed E-state index contributed by atoms with van der Waals surface area (Å²) in [7, 11) is -4.05. The van der Waals surface area contributed by atoms with E-state index in [2.05, 4.69) is 5.32 Å². The molecule has 9 heteroatoms. The Hall–Kier alpha value is -3.36. The van der Waals surface area contributed by atoms with Gasteiger partial charge < -0.3 is 10.1 Å². The van der Waals surface area contributed by atoms with Crippen LogP contribution in [0.25, 0.3) is 0 Å². The second kappa shape index (κ2) is 10.5. The van der Waals surface area contributed by atoms with Crippen LogP contribution in [0.3, 0.4) is 0 Å². The van der Waals surface area contributed by atoms with Crippen molar-refractivity contribution in [3.8, 4) is 0 Å². The minimum atomic E-state index is -4.05. The van der Waals surface area contributed by atoms with Gasteiger partial charge in [0, 0.05) is 10.7 Å². The molecule has 0 unspecified atom stereocenters. The summed E-state index contributed by atoms with van der Waals surface area (Å²) in [6, 6.07) is 18.9. The minimum absolute atomic E-state index is 0.0518. The number of rotatable bonds is 8. The van der Waals surface area contributed by atoms with Crippen molar-refractivity contribution in [2.75, 3.05) is 22.8 Å². The van der Waals surface area contributed by atoms with Gasteiger partial charge in [-0.15, -0.1) is 0 Å². The number of hydrogen-bond donors (Lipinski definition) is 1. The minimum Gasteiger partial charge on any atom is -0.462 e. The molecule has 33 heavy (non-hydrogen) atoms. The van der Waals surface area contributed by atoms with Crippen LogP contribution in [0.4, 0.5) is 11.4 Å². The number of ether oxygens (including phenoxy) is 1. The first-order valence-electron chi connectivity index (χ1n) is 10.1. The molecule has 0 aromatic heterocycles. The first-order chi connectivity index (χ1) is 15.7.